The quantitative estimate of drug-likeness (QED) is 0.576. The molecular weight excluding hydrogens is 280 g/mol. The fraction of sp³-hybridized carbons (Fsp3) is 0. The van der Waals surface area contributed by atoms with Crippen LogP contribution >= 0.6 is 0 Å². The summed E-state index contributed by atoms with van der Waals surface area (Å²) in [6.07, 6.45) is 2.04. The van der Waals surface area contributed by atoms with Gasteiger partial charge in [-0.05, 0) is 0 Å². The molecule has 0 aromatic rings. The molecule has 3 radical (unpaired) electrons. The minimum absolute atomic E-state index is 1.72. The van der Waals surface area contributed by atoms with Crippen molar-refractivity contribution in [3.05, 3.63) is 10.1 Å². The maximum absolute atomic E-state index is 2.06. The average molecular weight is 283 g/mol. The predicted octanol–water partition coefficient (Wildman–Crippen LogP) is -0.361. The maximum atomic E-state index is 2.06. The summed E-state index contributed by atoms with van der Waals surface area (Å²) in [5, 5.41) is 0. The zero-order chi connectivity index (χ0) is 4.12. The van der Waals surface area contributed by atoms with Gasteiger partial charge in [-0.25, -0.2) is 0 Å². The predicted molar refractivity (Wildman–Crippen MR) is 26.7 cm³/mol. The van der Waals surface area contributed by atoms with Crippen molar-refractivity contribution < 1.29 is 0 Å². The monoisotopic (exact) mass is 281 g/mol. The van der Waals surface area contributed by atoms with Gasteiger partial charge in [0.2, 0.25) is 0 Å². The van der Waals surface area contributed by atoms with Crippen molar-refractivity contribution in [2.24, 2.45) is 0 Å². The fourth-order valence-corrected chi connectivity index (χ4v) is 1.73. The van der Waals surface area contributed by atoms with E-state index >= 15 is 0 Å². The summed E-state index contributed by atoms with van der Waals surface area (Å²) in [6, 6.07) is 0. The Morgan fingerprint density at radius 3 is 2.00 bits per heavy atom. The Bertz CT molecular complexity index is 46.9. The molecule has 0 nitrogen and oxygen atoms in total. The second-order valence-electron chi connectivity index (χ2n) is 0.491. The van der Waals surface area contributed by atoms with Crippen molar-refractivity contribution in [1.29, 1.82) is 0 Å². The summed E-state index contributed by atoms with van der Waals surface area (Å²) in [7, 11) is 0. The molecule has 0 aliphatic rings. The molecule has 0 heterocycles. The van der Waals surface area contributed by atoms with Crippen molar-refractivity contribution in [3.8, 4) is 0 Å². The van der Waals surface area contributed by atoms with E-state index in [1.54, 1.807) is 45.6 Å². The van der Waals surface area contributed by atoms with E-state index in [1.165, 1.54) is 0 Å². The van der Waals surface area contributed by atoms with E-state index in [9.17, 15) is 0 Å². The molecule has 0 aliphatic carbocycles. The van der Waals surface area contributed by atoms with Crippen LogP contribution < -0.4 is 0 Å². The second kappa shape index (κ2) is 5.25. The van der Waals surface area contributed by atoms with Gasteiger partial charge in [0, 0.05) is 0 Å². The van der Waals surface area contributed by atoms with Gasteiger partial charge in [-0.1, -0.05) is 0 Å². The van der Waals surface area contributed by atoms with E-state index in [2.05, 4.69) is 7.97 Å². The van der Waals surface area contributed by atoms with Gasteiger partial charge in [-0.15, -0.1) is 0 Å². The molecule has 0 aromatic carbocycles. The Morgan fingerprint density at radius 2 is 2.00 bits per heavy atom. The van der Waals surface area contributed by atoms with Crippen LogP contribution in [0.3, 0.4) is 0 Å². The zero-order valence-corrected chi connectivity index (χ0v) is 7.73. The van der Waals surface area contributed by atoms with Crippen molar-refractivity contribution in [2.45, 2.75) is 0 Å². The van der Waals surface area contributed by atoms with Crippen LogP contribution in [0.4, 0.5) is 0 Å². The van der Waals surface area contributed by atoms with Crippen molar-refractivity contribution >= 4 is 49.5 Å². The van der Waals surface area contributed by atoms with E-state index in [0.29, 0.717) is 0 Å². The van der Waals surface area contributed by atoms with Crippen LogP contribution in [0.1, 0.15) is 0 Å². The van der Waals surface area contributed by atoms with Crippen molar-refractivity contribution in [3.63, 3.8) is 0 Å². The molecule has 0 aromatic heterocycles. The Morgan fingerprint density at radius 1 is 1.40 bits per heavy atom. The van der Waals surface area contributed by atoms with E-state index in [-0.39, 0.29) is 0 Å². The van der Waals surface area contributed by atoms with Crippen LogP contribution in [-0.2, 0) is 0 Å². The number of rotatable bonds is 1. The van der Waals surface area contributed by atoms with Gasteiger partial charge >= 0.3 is 59.6 Å². The molecule has 5 heavy (non-hydrogen) atoms. The molecule has 0 amide bonds. The molecule has 0 saturated heterocycles. The first-order valence-electron chi connectivity index (χ1n) is 1.18. The summed E-state index contributed by atoms with van der Waals surface area (Å²) >= 11 is 3.43. The van der Waals surface area contributed by atoms with Crippen LogP contribution in [-0.4, -0.2) is 49.5 Å². The molecule has 0 N–H and O–H groups in total. The molecule has 0 bridgehead atoms. The second-order valence-corrected chi connectivity index (χ2v) is 2.19. The van der Waals surface area contributed by atoms with Gasteiger partial charge in [0.25, 0.3) is 0 Å². The first-order valence-corrected chi connectivity index (χ1v) is 4.13. The Kier molecular flexibility index (Phi) is 6.55. The van der Waals surface area contributed by atoms with Gasteiger partial charge < -0.3 is 0 Å². The van der Waals surface area contributed by atoms with E-state index < -0.39 is 0 Å². The molecule has 0 unspecified atom stereocenters. The summed E-state index contributed by atoms with van der Waals surface area (Å²) in [5.74, 6) is 0. The molecule has 0 fully saturated rings. The Hall–Kier alpha value is 1.25. The summed E-state index contributed by atoms with van der Waals surface area (Å²) in [4.78, 5) is 0. The summed E-state index contributed by atoms with van der Waals surface area (Å²) in [6.45, 7) is 0. The Balaban J connectivity index is 2.92. The topological polar surface area (TPSA) is 0 Å². The molecular formula is C3H3Sb2. The van der Waals surface area contributed by atoms with Crippen molar-refractivity contribution in [2.75, 3.05) is 0 Å². The number of hydrogen-bond donors (Lipinski definition) is 0. The normalized spacial score (nSPS) is 9.00. The van der Waals surface area contributed by atoms with E-state index in [1.807, 2.05) is 6.08 Å². The third kappa shape index (κ3) is 5.25. The first-order chi connectivity index (χ1) is 2.41. The third-order valence-electron chi connectivity index (χ3n) is 0.172. The Labute approximate surface area is 59.1 Å². The molecule has 0 spiro atoms. The third-order valence-corrected chi connectivity index (χ3v) is 1.15. The van der Waals surface area contributed by atoms with Gasteiger partial charge in [0.05, 0.1) is 0 Å². The van der Waals surface area contributed by atoms with E-state index in [4.69, 9.17) is 0 Å². The SMILES string of the molecule is [Sb][CH]=C[CH]=[Sb]. The average Bonchev–Trinajstić information content (AvgIpc) is 1.41. The fourth-order valence-electron chi connectivity index (χ4n) is 0.0385. The zero-order valence-electron chi connectivity index (χ0n) is 2.63. The molecule has 0 atom stereocenters. The van der Waals surface area contributed by atoms with Crippen LogP contribution in [0.2, 0.25) is 0 Å². The first kappa shape index (κ1) is 6.25. The van der Waals surface area contributed by atoms with Gasteiger partial charge in [-0.2, -0.15) is 0 Å². The van der Waals surface area contributed by atoms with Crippen LogP contribution in [0.15, 0.2) is 10.1 Å². The van der Waals surface area contributed by atoms with Gasteiger partial charge in [0.15, 0.2) is 0 Å². The number of hydrogen-bond acceptors (Lipinski definition) is 0. The standard InChI is InChI=1S/C3H3.2Sb/c1-3-2;;/h1-3H;;. The number of allylic oxidation sites excluding steroid dienone is 1. The van der Waals surface area contributed by atoms with Crippen LogP contribution in [0.5, 0.6) is 0 Å². The van der Waals surface area contributed by atoms with E-state index in [0.717, 1.165) is 0 Å². The van der Waals surface area contributed by atoms with Crippen LogP contribution in [0, 0.1) is 0 Å². The molecule has 2 heteroatoms. The molecule has 0 aliphatic heterocycles. The molecule has 0 saturated carbocycles. The minimum atomic E-state index is 1.72. The van der Waals surface area contributed by atoms with Crippen molar-refractivity contribution in [1.82, 2.24) is 0 Å². The summed E-state index contributed by atoms with van der Waals surface area (Å²) < 4.78 is 4.12. The van der Waals surface area contributed by atoms with Gasteiger partial charge in [-0.3, -0.25) is 0 Å². The van der Waals surface area contributed by atoms with Crippen LogP contribution in [0.25, 0.3) is 0 Å². The molecule has 25 valence electrons. The summed E-state index contributed by atoms with van der Waals surface area (Å²) in [5.41, 5.74) is 0. The molecule has 0 rings (SSSR count). The van der Waals surface area contributed by atoms with Gasteiger partial charge in [0.1, 0.15) is 0 Å².